The van der Waals surface area contributed by atoms with E-state index in [2.05, 4.69) is 35.9 Å². The Morgan fingerprint density at radius 2 is 1.90 bits per heavy atom. The summed E-state index contributed by atoms with van der Waals surface area (Å²) in [7, 11) is 0. The number of imide groups is 1. The summed E-state index contributed by atoms with van der Waals surface area (Å²) in [5.74, 6) is 0.589. The monoisotopic (exact) mass is 659 g/mol. The van der Waals surface area contributed by atoms with E-state index in [1.54, 1.807) is 23.2 Å². The van der Waals surface area contributed by atoms with Crippen LogP contribution in [-0.2, 0) is 11.3 Å². The predicted molar refractivity (Wildman–Crippen MR) is 172 cm³/mol. The van der Waals surface area contributed by atoms with Crippen molar-refractivity contribution < 1.29 is 27.6 Å². The molecule has 13 nitrogen and oxygen atoms in total. The van der Waals surface area contributed by atoms with Crippen molar-refractivity contribution in [3.63, 3.8) is 0 Å². The van der Waals surface area contributed by atoms with Gasteiger partial charge in [0.05, 0.1) is 11.7 Å². The second kappa shape index (κ2) is 13.5. The van der Waals surface area contributed by atoms with Crippen molar-refractivity contribution in [3.05, 3.63) is 72.0 Å². The average molecular weight is 660 g/mol. The Labute approximate surface area is 274 Å². The Morgan fingerprint density at radius 3 is 2.67 bits per heavy atom. The van der Waals surface area contributed by atoms with Gasteiger partial charge in [-0.1, -0.05) is 18.2 Å². The maximum Gasteiger partial charge on any atom is 0.328 e. The summed E-state index contributed by atoms with van der Waals surface area (Å²) in [5.41, 5.74) is 1.70. The number of amides is 4. The van der Waals surface area contributed by atoms with Crippen molar-refractivity contribution in [2.24, 2.45) is 5.92 Å². The minimum absolute atomic E-state index is 0.0514. The van der Waals surface area contributed by atoms with Crippen molar-refractivity contribution in [2.45, 2.75) is 51.1 Å². The summed E-state index contributed by atoms with van der Waals surface area (Å²) in [4.78, 5) is 49.6. The van der Waals surface area contributed by atoms with E-state index >= 15 is 0 Å². The third-order valence-corrected chi connectivity index (χ3v) is 8.89. The number of hydrogen-bond donors (Lipinski definition) is 3. The number of nitrogens with zero attached hydrogens (tertiary/aromatic N) is 6. The highest BCUT2D eigenvalue weighted by Gasteiger charge is 2.29. The van der Waals surface area contributed by atoms with E-state index in [-0.39, 0.29) is 35.6 Å². The SMILES string of the molecule is O=C1CCN(c2ccccc2CN2CCC(n3cc(NC(=O)c4coc(-c5ccnc(NCC6CC6)c5)n4)c(C(F)F)n3)CC2)C(=O)N1. The summed E-state index contributed by atoms with van der Waals surface area (Å²) in [6.07, 6.45) is 5.33. The van der Waals surface area contributed by atoms with Gasteiger partial charge in [-0.15, -0.1) is 0 Å². The molecule has 0 spiro atoms. The number of rotatable bonds is 11. The molecule has 1 aromatic carbocycles. The number of para-hydroxylation sites is 1. The lowest BCUT2D eigenvalue weighted by Crippen LogP contribution is -2.50. The van der Waals surface area contributed by atoms with Crippen LogP contribution in [0.5, 0.6) is 0 Å². The van der Waals surface area contributed by atoms with Gasteiger partial charge < -0.3 is 15.1 Å². The van der Waals surface area contributed by atoms with E-state index in [9.17, 15) is 23.2 Å². The van der Waals surface area contributed by atoms with Crippen LogP contribution in [0.2, 0.25) is 0 Å². The quantitative estimate of drug-likeness (QED) is 0.197. The largest absolute Gasteiger partial charge is 0.444 e. The molecule has 7 rings (SSSR count). The average Bonchev–Trinajstić information content (AvgIpc) is 3.60. The van der Waals surface area contributed by atoms with Gasteiger partial charge in [0.2, 0.25) is 11.8 Å². The number of likely N-dealkylation sites (tertiary alicyclic amines) is 1. The van der Waals surface area contributed by atoms with Gasteiger partial charge in [0.25, 0.3) is 12.3 Å². The fourth-order valence-electron chi connectivity index (χ4n) is 6.06. The topological polar surface area (TPSA) is 151 Å². The smallest absolute Gasteiger partial charge is 0.328 e. The Hall–Kier alpha value is -5.18. The van der Waals surface area contributed by atoms with Crippen LogP contribution in [0.1, 0.15) is 66.3 Å². The first-order valence-corrected chi connectivity index (χ1v) is 16.1. The maximum absolute atomic E-state index is 14.1. The second-order valence-electron chi connectivity index (χ2n) is 12.3. The summed E-state index contributed by atoms with van der Waals surface area (Å²) < 4.78 is 35.2. The van der Waals surface area contributed by atoms with Crippen molar-refractivity contribution in [1.82, 2.24) is 30.0 Å². The lowest BCUT2D eigenvalue weighted by atomic mass is 10.0. The Balaban J connectivity index is 0.980. The number of alkyl halides is 2. The van der Waals surface area contributed by atoms with Crippen LogP contribution >= 0.6 is 0 Å². The van der Waals surface area contributed by atoms with Crippen LogP contribution in [0.15, 0.2) is 59.5 Å². The van der Waals surface area contributed by atoms with Gasteiger partial charge in [-0.25, -0.2) is 23.5 Å². The lowest BCUT2D eigenvalue weighted by molar-refractivity contribution is -0.120. The number of pyridine rings is 1. The molecule has 2 saturated heterocycles. The lowest BCUT2D eigenvalue weighted by Gasteiger charge is -2.34. The van der Waals surface area contributed by atoms with E-state index in [4.69, 9.17) is 4.42 Å². The van der Waals surface area contributed by atoms with Gasteiger partial charge in [-0.2, -0.15) is 5.10 Å². The van der Waals surface area contributed by atoms with Crippen LogP contribution in [0.3, 0.4) is 0 Å². The first kappa shape index (κ1) is 31.4. The van der Waals surface area contributed by atoms with E-state index in [1.807, 2.05) is 24.3 Å². The number of halogens is 2. The molecule has 3 aliphatic rings. The van der Waals surface area contributed by atoms with Crippen LogP contribution in [0.25, 0.3) is 11.5 Å². The number of urea groups is 1. The molecule has 1 saturated carbocycles. The highest BCUT2D eigenvalue weighted by atomic mass is 19.3. The molecule has 3 aromatic heterocycles. The van der Waals surface area contributed by atoms with Gasteiger partial charge in [0.1, 0.15) is 12.1 Å². The zero-order valence-electron chi connectivity index (χ0n) is 26.1. The van der Waals surface area contributed by atoms with Crippen molar-refractivity contribution >= 4 is 35.0 Å². The molecule has 1 aliphatic carbocycles. The zero-order valence-corrected chi connectivity index (χ0v) is 26.1. The first-order chi connectivity index (χ1) is 23.3. The number of oxazole rings is 1. The van der Waals surface area contributed by atoms with E-state index in [0.29, 0.717) is 56.3 Å². The van der Waals surface area contributed by atoms with Crippen LogP contribution in [0.4, 0.5) is 30.8 Å². The molecule has 5 heterocycles. The van der Waals surface area contributed by atoms with Gasteiger partial charge in [-0.3, -0.25) is 29.4 Å². The first-order valence-electron chi connectivity index (χ1n) is 16.1. The molecule has 0 atom stereocenters. The molecule has 3 fully saturated rings. The van der Waals surface area contributed by atoms with Crippen LogP contribution in [0, 0.1) is 5.92 Å². The van der Waals surface area contributed by atoms with Crippen molar-refractivity contribution in [1.29, 1.82) is 0 Å². The molecule has 250 valence electrons. The Kier molecular flexibility index (Phi) is 8.84. The molecule has 4 aromatic rings. The minimum atomic E-state index is -2.90. The summed E-state index contributed by atoms with van der Waals surface area (Å²) >= 11 is 0. The molecule has 0 bridgehead atoms. The van der Waals surface area contributed by atoms with Crippen molar-refractivity contribution in [2.75, 3.05) is 41.7 Å². The minimum Gasteiger partial charge on any atom is -0.444 e. The third kappa shape index (κ3) is 7.05. The Morgan fingerprint density at radius 1 is 1.08 bits per heavy atom. The van der Waals surface area contributed by atoms with Gasteiger partial charge >= 0.3 is 6.03 Å². The predicted octanol–water partition coefficient (Wildman–Crippen LogP) is 5.23. The maximum atomic E-state index is 14.1. The number of piperidine rings is 1. The summed E-state index contributed by atoms with van der Waals surface area (Å²) in [6, 6.07) is 10.5. The molecule has 4 amide bonds. The molecule has 3 N–H and O–H groups in total. The summed E-state index contributed by atoms with van der Waals surface area (Å²) in [5, 5.41) is 12.4. The number of benzene rings is 1. The van der Waals surface area contributed by atoms with Crippen LogP contribution in [-0.4, -0.2) is 68.7 Å². The molecule has 15 heteroatoms. The van der Waals surface area contributed by atoms with Gasteiger partial charge in [-0.05, 0) is 55.4 Å². The van der Waals surface area contributed by atoms with Gasteiger partial charge in [0, 0.05) is 62.8 Å². The Bertz CT molecular complexity index is 1810. The van der Waals surface area contributed by atoms with E-state index < -0.39 is 24.1 Å². The van der Waals surface area contributed by atoms with E-state index in [0.717, 1.165) is 17.8 Å². The van der Waals surface area contributed by atoms with Gasteiger partial charge in [0.15, 0.2) is 11.4 Å². The number of aromatic nitrogens is 4. The molecular weight excluding hydrogens is 624 g/mol. The normalized spacial score (nSPS) is 17.5. The standard InChI is InChI=1S/C33H35F2N9O4/c34-30(35)29-24(38-31(46)25-19-48-32(39-25)21-7-11-36-27(15-21)37-16-20-5-6-20)18-44(41-29)23-8-12-42(13-9-23)17-22-3-1-2-4-26(22)43-14-10-28(45)40-33(43)47/h1-4,7,11,15,18-20,23,30H,5-6,8-10,12-14,16-17H2,(H,36,37)(H,38,46)(H,40,45,47). The molecular formula is C33H35F2N9O4. The fraction of sp³-hybridized carbons (Fsp3) is 0.394. The molecule has 0 unspecified atom stereocenters. The number of hydrogen-bond acceptors (Lipinski definition) is 9. The summed E-state index contributed by atoms with van der Waals surface area (Å²) in [6.45, 7) is 3.08. The highest BCUT2D eigenvalue weighted by Crippen LogP contribution is 2.32. The zero-order chi connectivity index (χ0) is 33.2. The van der Waals surface area contributed by atoms with E-state index in [1.165, 1.54) is 30.0 Å². The highest BCUT2D eigenvalue weighted by molar-refractivity contribution is 6.06. The number of carbonyl (C=O) groups excluding carboxylic acids is 3. The molecule has 0 radical (unpaired) electrons. The second-order valence-corrected chi connectivity index (χ2v) is 12.3. The number of anilines is 3. The third-order valence-electron chi connectivity index (χ3n) is 8.89. The fourth-order valence-corrected chi connectivity index (χ4v) is 6.06. The number of nitrogens with one attached hydrogen (secondary N) is 3. The van der Waals surface area contributed by atoms with Crippen LogP contribution < -0.4 is 20.9 Å². The molecule has 48 heavy (non-hydrogen) atoms. The number of carbonyl (C=O) groups is 3. The molecule has 2 aliphatic heterocycles. The van der Waals surface area contributed by atoms with Crippen molar-refractivity contribution in [3.8, 4) is 11.5 Å².